The average Bonchev–Trinajstić information content (AvgIpc) is 3.80. The Kier molecular flexibility index (Phi) is 25.8. The second kappa shape index (κ2) is 30.3. The van der Waals surface area contributed by atoms with Crippen LogP contribution >= 0.6 is 0 Å². The minimum atomic E-state index is -0.852. The quantitative estimate of drug-likeness (QED) is 0.0655. The smallest absolute Gasteiger partial charge is 0.328 e. The fourth-order valence-corrected chi connectivity index (χ4v) is 7.69. The highest BCUT2D eigenvalue weighted by Gasteiger charge is 2.41. The Morgan fingerprint density at radius 3 is 1.75 bits per heavy atom. The van der Waals surface area contributed by atoms with Crippen molar-refractivity contribution < 1.29 is 47.8 Å². The highest BCUT2D eigenvalue weighted by Crippen LogP contribution is 2.25. The second-order valence-electron chi connectivity index (χ2n) is 18.8. The number of aromatic amines is 1. The molecule has 3 amide bonds. The third kappa shape index (κ3) is 21.2. The molecule has 2 heterocycles. The van der Waals surface area contributed by atoms with E-state index in [2.05, 4.69) is 31.6 Å². The number of likely N-dealkylation sites (N-methyl/N-ethyl adjacent to an activating group) is 1. The molecule has 0 saturated carbocycles. The molecule has 1 aromatic heterocycles. The Bertz CT molecular complexity index is 2300. The van der Waals surface area contributed by atoms with Gasteiger partial charge in [0.25, 0.3) is 5.56 Å². The maximum absolute atomic E-state index is 12.7. The summed E-state index contributed by atoms with van der Waals surface area (Å²) in [7, 11) is 5.44. The molecular weight excluding hydrogens is 917 g/mol. The van der Waals surface area contributed by atoms with Gasteiger partial charge in [0.15, 0.2) is 0 Å². The molecule has 392 valence electrons. The van der Waals surface area contributed by atoms with E-state index in [0.717, 1.165) is 30.5 Å². The van der Waals surface area contributed by atoms with E-state index in [9.17, 15) is 43.2 Å². The van der Waals surface area contributed by atoms with Crippen LogP contribution in [0.4, 0.5) is 0 Å². The number of hydrogen-bond acceptors (Lipinski definition) is 15. The maximum Gasteiger partial charge on any atom is 0.328 e. The zero-order valence-corrected chi connectivity index (χ0v) is 43.3. The topological polar surface area (TPSA) is 265 Å². The van der Waals surface area contributed by atoms with Crippen molar-refractivity contribution >= 4 is 41.4 Å². The molecule has 1 fully saturated rings. The first-order chi connectivity index (χ1) is 33.5. The molecular formula is C51H76N8O12. The van der Waals surface area contributed by atoms with Gasteiger partial charge in [-0.1, -0.05) is 88.4 Å². The predicted molar refractivity (Wildman–Crippen MR) is 268 cm³/mol. The van der Waals surface area contributed by atoms with Gasteiger partial charge in [0, 0.05) is 24.8 Å². The van der Waals surface area contributed by atoms with Gasteiger partial charge in [-0.15, -0.1) is 0 Å². The highest BCUT2D eigenvalue weighted by atomic mass is 16.5. The summed E-state index contributed by atoms with van der Waals surface area (Å²) < 4.78 is 15.7. The molecule has 1 aliphatic heterocycles. The van der Waals surface area contributed by atoms with Crippen LogP contribution in [0.3, 0.4) is 0 Å². The van der Waals surface area contributed by atoms with Crippen LogP contribution in [0.2, 0.25) is 0 Å². The van der Waals surface area contributed by atoms with E-state index in [0.29, 0.717) is 12.8 Å². The molecule has 0 bridgehead atoms. The summed E-state index contributed by atoms with van der Waals surface area (Å²) in [5, 5.41) is 14.2. The SMILES string of the molecule is CNC(=O)C(Cn1ccc(=O)[nH]c1=O)N[C@H](C(=O)OC)C(C)C.COC(=O)C1CCCN1[C@@H](C(=O)NC(C)(C)C)C(C)C.COC(=O)[C@H](Cc1ccccc1)NC(Cc1ccccc1)C(=O)NCC(C)=O. The lowest BCUT2D eigenvalue weighted by molar-refractivity contribution is -0.148. The molecule has 3 unspecified atom stereocenters. The van der Waals surface area contributed by atoms with Gasteiger partial charge in [-0.25, -0.2) is 4.79 Å². The number of nitrogens with zero attached hydrogens (tertiary/aromatic N) is 2. The summed E-state index contributed by atoms with van der Waals surface area (Å²) in [4.78, 5) is 111. The Labute approximate surface area is 416 Å². The first-order valence-electron chi connectivity index (χ1n) is 23.7. The van der Waals surface area contributed by atoms with Crippen molar-refractivity contribution in [3.8, 4) is 0 Å². The first kappa shape index (κ1) is 60.6. The van der Waals surface area contributed by atoms with Crippen LogP contribution in [-0.2, 0) is 67.2 Å². The Morgan fingerprint density at radius 1 is 0.718 bits per heavy atom. The maximum atomic E-state index is 12.7. The number of rotatable bonds is 21. The van der Waals surface area contributed by atoms with Crippen LogP contribution < -0.4 is 37.8 Å². The lowest BCUT2D eigenvalue weighted by Crippen LogP contribution is -2.56. The van der Waals surface area contributed by atoms with E-state index in [4.69, 9.17) is 14.2 Å². The normalized spacial score (nSPS) is 15.5. The van der Waals surface area contributed by atoms with Crippen LogP contribution in [-0.4, -0.2) is 139 Å². The van der Waals surface area contributed by atoms with Crippen LogP contribution in [0.15, 0.2) is 82.5 Å². The molecule has 20 heteroatoms. The number of methoxy groups -OCH3 is 3. The van der Waals surface area contributed by atoms with Crippen LogP contribution in [0.1, 0.15) is 79.4 Å². The van der Waals surface area contributed by atoms with Gasteiger partial charge in [-0.2, -0.15) is 0 Å². The number of nitrogens with one attached hydrogen (secondary N) is 6. The summed E-state index contributed by atoms with van der Waals surface area (Å²) >= 11 is 0. The van der Waals surface area contributed by atoms with Crippen LogP contribution in [0, 0.1) is 11.8 Å². The van der Waals surface area contributed by atoms with E-state index in [1.54, 1.807) is 0 Å². The van der Waals surface area contributed by atoms with E-state index in [1.807, 2.05) is 114 Å². The number of carbonyl (C=O) groups excluding carboxylic acids is 7. The average molecular weight is 993 g/mol. The third-order valence-electron chi connectivity index (χ3n) is 11.1. The third-order valence-corrected chi connectivity index (χ3v) is 11.1. The predicted octanol–water partition coefficient (Wildman–Crippen LogP) is 1.68. The number of hydrogen-bond donors (Lipinski definition) is 6. The highest BCUT2D eigenvalue weighted by molar-refractivity contribution is 5.88. The van der Waals surface area contributed by atoms with Crippen molar-refractivity contribution in [1.29, 1.82) is 0 Å². The summed E-state index contributed by atoms with van der Waals surface area (Å²) in [5.41, 5.74) is 0.469. The first-order valence-corrected chi connectivity index (χ1v) is 23.7. The Balaban J connectivity index is 0.000000371. The van der Waals surface area contributed by atoms with E-state index in [1.165, 1.54) is 52.1 Å². The van der Waals surface area contributed by atoms with Gasteiger partial charge < -0.3 is 30.2 Å². The van der Waals surface area contributed by atoms with E-state index >= 15 is 0 Å². The molecule has 20 nitrogen and oxygen atoms in total. The molecule has 6 atom stereocenters. The standard InChI is InChI=1S/C22H26N2O4.C15H28N2O3.C14H22N4O5/c1-16(25)15-23-21(26)19(13-17-9-5-3-6-10-17)24-20(22(27)28-2)14-18-11-7-4-8-12-18;1-10(2)12(13(18)16-15(3,4)5)17-9-7-8-11(17)14(19)20-6;1-8(2)11(13(21)23-4)16-9(12(20)15-3)7-18-6-5-10(19)17-14(18)22/h3-12,19-20,24H,13-15H2,1-2H3,(H,23,26);10-12H,7-9H2,1-6H3,(H,16,18);5-6,8-9,11,16H,7H2,1-4H3,(H,15,20)(H,17,19,22)/t19?,20-;11?,12-;9?,11-/m010/s1. The molecule has 1 saturated heterocycles. The Hall–Kier alpha value is -6.51. The Morgan fingerprint density at radius 2 is 1.28 bits per heavy atom. The number of esters is 3. The fourth-order valence-electron chi connectivity index (χ4n) is 7.69. The minimum Gasteiger partial charge on any atom is -0.468 e. The minimum absolute atomic E-state index is 0.0108. The van der Waals surface area contributed by atoms with E-state index < -0.39 is 53.3 Å². The molecule has 2 aromatic carbocycles. The van der Waals surface area contributed by atoms with Crippen molar-refractivity contribution in [2.24, 2.45) is 11.8 Å². The largest absolute Gasteiger partial charge is 0.468 e. The molecule has 6 N–H and O–H groups in total. The monoisotopic (exact) mass is 993 g/mol. The lowest BCUT2D eigenvalue weighted by atomic mass is 9.98. The van der Waals surface area contributed by atoms with Crippen molar-refractivity contribution in [2.45, 2.75) is 129 Å². The molecule has 1 aliphatic rings. The number of amides is 3. The fraction of sp³-hybridized carbons (Fsp3) is 0.549. The zero-order chi connectivity index (χ0) is 53.4. The van der Waals surface area contributed by atoms with Gasteiger partial charge in [0.1, 0.15) is 30.0 Å². The zero-order valence-electron chi connectivity index (χ0n) is 43.3. The van der Waals surface area contributed by atoms with Crippen LogP contribution in [0.5, 0.6) is 0 Å². The molecule has 3 aromatic rings. The number of ketones is 1. The summed E-state index contributed by atoms with van der Waals surface area (Å²) in [6.07, 6.45) is 3.75. The molecule has 0 radical (unpaired) electrons. The van der Waals surface area contributed by atoms with Gasteiger partial charge in [0.2, 0.25) is 17.7 Å². The molecule has 0 spiro atoms. The van der Waals surface area contributed by atoms with Crippen molar-refractivity contribution in [3.05, 3.63) is 105 Å². The van der Waals surface area contributed by atoms with Crippen molar-refractivity contribution in [3.63, 3.8) is 0 Å². The number of H-pyrrole nitrogens is 1. The number of carbonyl (C=O) groups is 7. The summed E-state index contributed by atoms with van der Waals surface area (Å²) in [6.45, 7) is 15.6. The second-order valence-corrected chi connectivity index (χ2v) is 18.8. The van der Waals surface area contributed by atoms with Crippen molar-refractivity contribution in [1.82, 2.24) is 41.0 Å². The van der Waals surface area contributed by atoms with Gasteiger partial charge in [0.05, 0.1) is 46.5 Å². The number of ether oxygens (including phenoxy) is 3. The number of benzene rings is 2. The van der Waals surface area contributed by atoms with Gasteiger partial charge >= 0.3 is 23.6 Å². The van der Waals surface area contributed by atoms with Gasteiger partial charge in [-0.3, -0.25) is 63.4 Å². The molecule has 0 aliphatic carbocycles. The number of aromatic nitrogens is 2. The number of Topliss-reactive ketones (excluding diaryl/α,β-unsaturated/α-hetero) is 1. The summed E-state index contributed by atoms with van der Waals surface area (Å²) in [5.74, 6) is -2.03. The number of likely N-dealkylation sites (tertiary alicyclic amines) is 1. The van der Waals surface area contributed by atoms with E-state index in [-0.39, 0.29) is 66.1 Å². The van der Waals surface area contributed by atoms with Crippen LogP contribution in [0.25, 0.3) is 0 Å². The summed E-state index contributed by atoms with van der Waals surface area (Å²) in [6, 6.07) is 16.7. The molecule has 71 heavy (non-hydrogen) atoms. The van der Waals surface area contributed by atoms with Crippen molar-refractivity contribution in [2.75, 3.05) is 41.5 Å². The van der Waals surface area contributed by atoms with Gasteiger partial charge in [-0.05, 0) is 82.9 Å². The molecule has 4 rings (SSSR count). The lowest BCUT2D eigenvalue weighted by Gasteiger charge is -2.35.